The zero-order valence-corrected chi connectivity index (χ0v) is 64.2. The molecule has 0 radical (unpaired) electrons. The van der Waals surface area contributed by atoms with Gasteiger partial charge in [0.05, 0.1) is 41.8 Å². The third-order valence-corrected chi connectivity index (χ3v) is 14.7. The topological polar surface area (TPSA) is 260 Å². The molecule has 480 valence electrons. The first-order valence-corrected chi connectivity index (χ1v) is 31.4. The summed E-state index contributed by atoms with van der Waals surface area (Å²) in [7, 11) is 2.74. The molecule has 0 atom stereocenters. The van der Waals surface area contributed by atoms with Crippen molar-refractivity contribution in [3.05, 3.63) is 150 Å². The fraction of sp³-hybridized carbons (Fsp3) is 0.321. The van der Waals surface area contributed by atoms with Gasteiger partial charge in [-0.3, -0.25) is 9.59 Å². The zero-order chi connectivity index (χ0) is 65.9. The van der Waals surface area contributed by atoms with Crippen LogP contribution in [-0.4, -0.2) is 87.3 Å². The SMILES string of the molecule is BrB(Br)Br.C.CC(=O)O.CC(=O)O.COc1cc(Cl)cc(C)c1B1OC(C)(C)C(C)(C)O1.COc1cc(Cl)cc(C)c1I.COc1cc(Cl)cc(C)c1N.Cc1cc(Cl)cc(I)c1N.Cc1cc(Cl)cc(O)c1B(O)O.Cc1cc(Cl)ccc1N.[Pd]. The number of aryl methyl sites for hydroxylation is 6. The summed E-state index contributed by atoms with van der Waals surface area (Å²) in [5.74, 6) is 0.309. The molecule has 0 saturated carbocycles. The first-order chi connectivity index (χ1) is 38.5. The van der Waals surface area contributed by atoms with E-state index in [2.05, 4.69) is 92.5 Å². The van der Waals surface area contributed by atoms with Gasteiger partial charge in [-0.15, -0.1) is 47.3 Å². The molecule has 11 N–H and O–H groups in total. The van der Waals surface area contributed by atoms with Crippen molar-refractivity contribution in [3.63, 3.8) is 0 Å². The van der Waals surface area contributed by atoms with Crippen LogP contribution in [0.4, 0.5) is 17.1 Å². The number of nitrogen functional groups attached to an aromatic ring is 3. The molecule has 0 spiro atoms. The van der Waals surface area contributed by atoms with Crippen LogP contribution in [0.25, 0.3) is 0 Å². The number of hydrogen-bond donors (Lipinski definition) is 8. The third-order valence-electron chi connectivity index (χ3n) is 11.1. The Hall–Kier alpha value is -1.80. The Morgan fingerprint density at radius 1 is 0.558 bits per heavy atom. The van der Waals surface area contributed by atoms with Gasteiger partial charge in [0.25, 0.3) is 11.9 Å². The number of phenols is 1. The Morgan fingerprint density at radius 3 is 1.27 bits per heavy atom. The first kappa shape index (κ1) is 90.6. The van der Waals surface area contributed by atoms with Crippen molar-refractivity contribution >= 4 is 219 Å². The van der Waals surface area contributed by atoms with Crippen molar-refractivity contribution in [1.29, 1.82) is 0 Å². The molecule has 15 nitrogen and oxygen atoms in total. The average molecular weight is 1830 g/mol. The Labute approximate surface area is 604 Å². The number of ether oxygens (including phenoxy) is 3. The van der Waals surface area contributed by atoms with Gasteiger partial charge in [-0.05, 0) is 221 Å². The van der Waals surface area contributed by atoms with Gasteiger partial charge in [0.2, 0.25) is 0 Å². The molecule has 6 aromatic carbocycles. The summed E-state index contributed by atoms with van der Waals surface area (Å²) >= 11 is 48.4. The maximum absolute atomic E-state index is 9.24. The molecule has 1 fully saturated rings. The maximum Gasteiger partial charge on any atom is 0.498 e. The van der Waals surface area contributed by atoms with E-state index >= 15 is 0 Å². The number of phenolic OH excluding ortho intramolecular Hbond substituents is 1. The molecule has 1 heterocycles. The van der Waals surface area contributed by atoms with E-state index in [0.717, 1.165) is 86.5 Å². The number of carboxylic acids is 2. The minimum atomic E-state index is -1.66. The summed E-state index contributed by atoms with van der Waals surface area (Å²) in [6, 6.07) is 22.9. The van der Waals surface area contributed by atoms with Crippen LogP contribution in [0.5, 0.6) is 23.0 Å². The summed E-state index contributed by atoms with van der Waals surface area (Å²) in [5, 5.41) is 45.6. The molecule has 0 amide bonds. The van der Waals surface area contributed by atoms with Gasteiger partial charge < -0.3 is 66.1 Å². The second kappa shape index (κ2) is 44.7. The third kappa shape index (κ3) is 35.1. The summed E-state index contributed by atoms with van der Waals surface area (Å²) < 4.78 is 30.1. The van der Waals surface area contributed by atoms with Crippen LogP contribution >= 0.6 is 162 Å². The van der Waals surface area contributed by atoms with Crippen LogP contribution in [0.2, 0.25) is 30.1 Å². The van der Waals surface area contributed by atoms with Gasteiger partial charge in [-0.25, -0.2) is 0 Å². The summed E-state index contributed by atoms with van der Waals surface area (Å²) in [4.78, 5) is 18.0. The molecule has 7 rings (SSSR count). The maximum atomic E-state index is 9.24. The second-order valence-electron chi connectivity index (χ2n) is 18.4. The van der Waals surface area contributed by atoms with Crippen molar-refractivity contribution in [1.82, 2.24) is 0 Å². The molecule has 1 saturated heterocycles. The van der Waals surface area contributed by atoms with E-state index in [4.69, 9.17) is 140 Å². The van der Waals surface area contributed by atoms with Crippen LogP contribution in [-0.2, 0) is 39.3 Å². The number of carboxylic acid groups (broad SMARTS) is 2. The molecule has 0 aliphatic carbocycles. The molecule has 1 aliphatic rings. The Morgan fingerprint density at radius 2 is 0.895 bits per heavy atom. The van der Waals surface area contributed by atoms with Gasteiger partial charge in [-0.2, -0.15) is 0 Å². The molecular formula is C56H73B3Br3Cl6I2N3O12Pd. The fourth-order valence-electron chi connectivity index (χ4n) is 6.32. The number of nitrogens with two attached hydrogens (primary N) is 3. The smallest absolute Gasteiger partial charge is 0.498 e. The number of carbonyl (C=O) groups is 2. The number of halogens is 11. The Kier molecular flexibility index (Phi) is 47.0. The van der Waals surface area contributed by atoms with Gasteiger partial charge >= 0.3 is 17.4 Å². The van der Waals surface area contributed by atoms with Crippen molar-refractivity contribution in [3.8, 4) is 23.0 Å². The number of benzene rings is 6. The molecule has 6 aromatic rings. The molecule has 0 aromatic heterocycles. The van der Waals surface area contributed by atoms with Gasteiger partial charge in [0, 0.05) is 96.3 Å². The van der Waals surface area contributed by atoms with Crippen LogP contribution < -0.4 is 42.3 Å². The molecule has 0 bridgehead atoms. The van der Waals surface area contributed by atoms with E-state index in [-0.39, 0.29) is 53.4 Å². The van der Waals surface area contributed by atoms with E-state index < -0.39 is 26.2 Å². The summed E-state index contributed by atoms with van der Waals surface area (Å²) in [6.45, 7) is 21.7. The molecule has 1 aliphatic heterocycles. The number of rotatable bonds is 5. The monoisotopic (exact) mass is 1820 g/mol. The summed E-state index contributed by atoms with van der Waals surface area (Å²) in [5.41, 5.74) is 25.1. The fourth-order valence-corrected chi connectivity index (χ4v) is 9.35. The molecular weight excluding hydrogens is 1750 g/mol. The van der Waals surface area contributed by atoms with Crippen LogP contribution in [0, 0.1) is 48.7 Å². The minimum Gasteiger partial charge on any atom is -0.508 e. The van der Waals surface area contributed by atoms with Gasteiger partial charge in [0.15, 0.2) is 0 Å². The van der Waals surface area contributed by atoms with Gasteiger partial charge in [0.1, 0.15) is 23.0 Å². The number of methoxy groups -OCH3 is 3. The van der Waals surface area contributed by atoms with Crippen LogP contribution in [0.3, 0.4) is 0 Å². The van der Waals surface area contributed by atoms with Crippen LogP contribution in [0.15, 0.2) is 78.9 Å². The van der Waals surface area contributed by atoms with Crippen LogP contribution in [0.1, 0.15) is 82.3 Å². The standard InChI is InChI=1S/C14H20BClO3.C8H8ClIO.C8H10ClNO.C7H8BClO3.C7H7ClIN.C7H8ClN.2C2H4O2.CH4.BBr3.Pd/c1-9-7-10(16)8-11(17-6)12(9)15-18-13(2,3)14(4,5)19-15;2*1-5-3-6(9)4-7(11-2)8(5)10;1-4-2-5(9)3-6(10)7(4)8(11)12;1-4-2-5(8)3-6(9)7(4)10;1-5-4-6(8)2-3-7(5)9;2*1-2(3)4;;2-1(3)4;/h7-8H,1-6H3;3-4H,1-2H3;3-4H,10H2,1-2H3;2-3,10-12H,1H3;2-3H,10H2,1H3;2-4H,9H2,1H3;2*1H3,(H,3,4);1H4;;. The van der Waals surface area contributed by atoms with E-state index in [0.29, 0.717) is 37.8 Å². The normalized spacial score (nSPS) is 11.5. The zero-order valence-electron chi connectivity index (χ0n) is 49.0. The predicted molar refractivity (Wildman–Crippen MR) is 389 cm³/mol. The quantitative estimate of drug-likeness (QED) is 0.0453. The number of hydrogen-bond acceptors (Lipinski definition) is 13. The number of anilines is 3. The first-order valence-electron chi connectivity index (χ1n) is 24.2. The molecule has 86 heavy (non-hydrogen) atoms. The summed E-state index contributed by atoms with van der Waals surface area (Å²) in [6.07, 6.45) is 0. The van der Waals surface area contributed by atoms with E-state index in [1.807, 2.05) is 98.7 Å². The van der Waals surface area contributed by atoms with Crippen molar-refractivity contribution < 1.29 is 78.9 Å². The van der Waals surface area contributed by atoms with E-state index in [9.17, 15) is 5.11 Å². The number of aromatic hydroxyl groups is 1. The Balaban J connectivity index is -0.000000456. The van der Waals surface area contributed by atoms with Crippen molar-refractivity contribution in [2.24, 2.45) is 0 Å². The van der Waals surface area contributed by atoms with E-state index in [1.165, 1.54) is 6.07 Å². The van der Waals surface area contributed by atoms with Gasteiger partial charge in [-0.1, -0.05) is 77.0 Å². The second-order valence-corrected chi connectivity index (χ2v) is 29.7. The Bertz CT molecular complexity index is 2960. The average Bonchev–Trinajstić information content (AvgIpc) is 3.46. The predicted octanol–water partition coefficient (Wildman–Crippen LogP) is 16.5. The molecule has 30 heteroatoms. The molecule has 0 unspecified atom stereocenters. The minimum absolute atomic E-state index is 0. The van der Waals surface area contributed by atoms with E-state index in [1.54, 1.807) is 64.7 Å². The van der Waals surface area contributed by atoms with Crippen molar-refractivity contribution in [2.45, 2.75) is 102 Å². The largest absolute Gasteiger partial charge is 0.508 e. The van der Waals surface area contributed by atoms with Crippen molar-refractivity contribution in [2.75, 3.05) is 38.5 Å². The number of aliphatic carboxylic acids is 2.